The number of aryl methyl sites for hydroxylation is 1. The molecule has 0 saturated heterocycles. The molecule has 2 N–H and O–H groups in total. The fourth-order valence-corrected chi connectivity index (χ4v) is 1.08. The Hall–Kier alpha value is -1.89. The lowest BCUT2D eigenvalue weighted by molar-refractivity contribution is 0.00287. The first-order valence-corrected chi connectivity index (χ1v) is 4.86. The summed E-state index contributed by atoms with van der Waals surface area (Å²) in [7, 11) is 0. The highest BCUT2D eigenvalue weighted by Crippen LogP contribution is 2.17. The van der Waals surface area contributed by atoms with Gasteiger partial charge in [-0.15, -0.1) is 0 Å². The summed E-state index contributed by atoms with van der Waals surface area (Å²) in [6.45, 7) is 6.56. The molecular formula is C10H14N2O5. The number of rotatable bonds is 2. The molecule has 0 spiro atoms. The van der Waals surface area contributed by atoms with E-state index in [9.17, 15) is 9.59 Å². The van der Waals surface area contributed by atoms with Crippen molar-refractivity contribution >= 4 is 11.9 Å². The minimum atomic E-state index is -0.956. The maximum Gasteiger partial charge on any atom is 0.379 e. The SMILES string of the molecule is Cc1nc(C(=O)ON)c(C(=O)OC(C)(C)C)o1. The Balaban J connectivity index is 3.05. The molecule has 0 radical (unpaired) electrons. The molecule has 0 atom stereocenters. The molecule has 0 aliphatic rings. The summed E-state index contributed by atoms with van der Waals surface area (Å²) >= 11 is 0. The number of carbonyl (C=O) groups excluding carboxylic acids is 2. The molecular weight excluding hydrogens is 228 g/mol. The first-order chi connectivity index (χ1) is 7.74. The molecule has 0 fully saturated rings. The fourth-order valence-electron chi connectivity index (χ4n) is 1.08. The zero-order valence-electron chi connectivity index (χ0n) is 10.1. The Morgan fingerprint density at radius 3 is 2.35 bits per heavy atom. The van der Waals surface area contributed by atoms with E-state index in [1.54, 1.807) is 20.8 Å². The lowest BCUT2D eigenvalue weighted by atomic mass is 10.2. The second-order valence-corrected chi connectivity index (χ2v) is 4.32. The third kappa shape index (κ3) is 3.28. The van der Waals surface area contributed by atoms with Gasteiger partial charge in [0.05, 0.1) is 0 Å². The van der Waals surface area contributed by atoms with Crippen LogP contribution >= 0.6 is 0 Å². The zero-order chi connectivity index (χ0) is 13.2. The summed E-state index contributed by atoms with van der Waals surface area (Å²) in [6, 6.07) is 0. The van der Waals surface area contributed by atoms with E-state index in [1.807, 2.05) is 0 Å². The third-order valence-electron chi connectivity index (χ3n) is 1.62. The fraction of sp³-hybridized carbons (Fsp3) is 0.500. The molecule has 0 saturated carbocycles. The molecule has 0 aliphatic carbocycles. The molecule has 1 rings (SSSR count). The van der Waals surface area contributed by atoms with E-state index in [-0.39, 0.29) is 17.3 Å². The van der Waals surface area contributed by atoms with Gasteiger partial charge in [-0.3, -0.25) is 0 Å². The topological polar surface area (TPSA) is 105 Å². The molecule has 1 aromatic heterocycles. The average molecular weight is 242 g/mol. The number of carbonyl (C=O) groups is 2. The number of hydrogen-bond donors (Lipinski definition) is 1. The monoisotopic (exact) mass is 242 g/mol. The smallest absolute Gasteiger partial charge is 0.379 e. The first kappa shape index (κ1) is 13.2. The molecule has 7 heteroatoms. The Morgan fingerprint density at radius 1 is 1.29 bits per heavy atom. The quantitative estimate of drug-likeness (QED) is 0.608. The lowest BCUT2D eigenvalue weighted by Gasteiger charge is -2.18. The van der Waals surface area contributed by atoms with E-state index in [2.05, 4.69) is 9.82 Å². The highest BCUT2D eigenvalue weighted by molar-refractivity contribution is 5.99. The van der Waals surface area contributed by atoms with Gasteiger partial charge in [0.1, 0.15) is 5.60 Å². The predicted molar refractivity (Wildman–Crippen MR) is 56.0 cm³/mol. The normalized spacial score (nSPS) is 11.1. The van der Waals surface area contributed by atoms with Crippen molar-refractivity contribution < 1.29 is 23.6 Å². The Labute approximate surface area is 97.8 Å². The van der Waals surface area contributed by atoms with Crippen LogP contribution in [0.1, 0.15) is 47.7 Å². The van der Waals surface area contributed by atoms with Gasteiger partial charge < -0.3 is 14.0 Å². The van der Waals surface area contributed by atoms with Gasteiger partial charge >= 0.3 is 11.9 Å². The maximum atomic E-state index is 11.7. The molecule has 0 bridgehead atoms. The average Bonchev–Trinajstić information content (AvgIpc) is 2.56. The summed E-state index contributed by atoms with van der Waals surface area (Å²) in [5.74, 6) is 2.81. The molecule has 1 aromatic rings. The van der Waals surface area contributed by atoms with Crippen molar-refractivity contribution in [2.45, 2.75) is 33.3 Å². The van der Waals surface area contributed by atoms with Crippen LogP contribution in [0.3, 0.4) is 0 Å². The minimum absolute atomic E-state index is 0.145. The summed E-state index contributed by atoms with van der Waals surface area (Å²) in [4.78, 5) is 30.7. The van der Waals surface area contributed by atoms with E-state index in [1.165, 1.54) is 6.92 Å². The summed E-state index contributed by atoms with van der Waals surface area (Å²) in [5.41, 5.74) is -0.999. The van der Waals surface area contributed by atoms with Gasteiger partial charge in [-0.25, -0.2) is 14.6 Å². The highest BCUT2D eigenvalue weighted by atomic mass is 16.7. The van der Waals surface area contributed by atoms with Gasteiger partial charge in [-0.1, -0.05) is 0 Å². The molecule has 0 aromatic carbocycles. The van der Waals surface area contributed by atoms with Crippen LogP contribution in [-0.2, 0) is 9.57 Å². The third-order valence-corrected chi connectivity index (χ3v) is 1.62. The lowest BCUT2D eigenvalue weighted by Crippen LogP contribution is -2.25. The summed E-state index contributed by atoms with van der Waals surface area (Å²) in [6.07, 6.45) is 0. The van der Waals surface area contributed by atoms with Crippen molar-refractivity contribution in [3.8, 4) is 0 Å². The standard InChI is InChI=1S/C10H14N2O5/c1-5-12-6(8(13)17-11)7(15-5)9(14)16-10(2,3)4/h11H2,1-4H3. The molecule has 94 valence electrons. The molecule has 0 unspecified atom stereocenters. The van der Waals surface area contributed by atoms with Crippen LogP contribution in [0.15, 0.2) is 4.42 Å². The first-order valence-electron chi connectivity index (χ1n) is 4.86. The molecule has 0 aliphatic heterocycles. The second kappa shape index (κ2) is 4.54. The van der Waals surface area contributed by atoms with Crippen molar-refractivity contribution in [3.05, 3.63) is 17.3 Å². The summed E-state index contributed by atoms with van der Waals surface area (Å²) in [5, 5.41) is 0. The number of hydrogen-bond acceptors (Lipinski definition) is 7. The highest BCUT2D eigenvalue weighted by Gasteiger charge is 2.29. The van der Waals surface area contributed by atoms with Crippen LogP contribution in [0, 0.1) is 6.92 Å². The van der Waals surface area contributed by atoms with Gasteiger partial charge in [0.15, 0.2) is 5.89 Å². The molecule has 1 heterocycles. The zero-order valence-corrected chi connectivity index (χ0v) is 10.1. The van der Waals surface area contributed by atoms with Crippen LogP contribution in [0.25, 0.3) is 0 Å². The predicted octanol–water partition coefficient (Wildman–Crippen LogP) is 0.969. The van der Waals surface area contributed by atoms with Crippen molar-refractivity contribution in [1.29, 1.82) is 0 Å². The van der Waals surface area contributed by atoms with Crippen LogP contribution < -0.4 is 5.90 Å². The van der Waals surface area contributed by atoms with Gasteiger partial charge in [0.2, 0.25) is 11.5 Å². The Morgan fingerprint density at radius 2 is 1.88 bits per heavy atom. The second-order valence-electron chi connectivity index (χ2n) is 4.32. The number of nitrogens with zero attached hydrogens (tertiary/aromatic N) is 1. The van der Waals surface area contributed by atoms with Crippen LogP contribution in [0.4, 0.5) is 0 Å². The molecule has 17 heavy (non-hydrogen) atoms. The Kier molecular flexibility index (Phi) is 3.52. The van der Waals surface area contributed by atoms with Gasteiger partial charge in [-0.2, -0.15) is 5.90 Å². The van der Waals surface area contributed by atoms with Crippen molar-refractivity contribution in [2.24, 2.45) is 5.90 Å². The number of ether oxygens (including phenoxy) is 1. The van der Waals surface area contributed by atoms with Gasteiger partial charge in [0.25, 0.3) is 0 Å². The number of oxazole rings is 1. The van der Waals surface area contributed by atoms with Crippen molar-refractivity contribution in [2.75, 3.05) is 0 Å². The van der Waals surface area contributed by atoms with E-state index >= 15 is 0 Å². The van der Waals surface area contributed by atoms with Gasteiger partial charge in [0, 0.05) is 6.92 Å². The van der Waals surface area contributed by atoms with Crippen LogP contribution in [0.2, 0.25) is 0 Å². The van der Waals surface area contributed by atoms with E-state index in [0.717, 1.165) is 0 Å². The Bertz CT molecular complexity index is 444. The molecule has 7 nitrogen and oxygen atoms in total. The molecule has 0 amide bonds. The van der Waals surface area contributed by atoms with Crippen LogP contribution in [-0.4, -0.2) is 22.5 Å². The van der Waals surface area contributed by atoms with E-state index in [4.69, 9.17) is 15.1 Å². The van der Waals surface area contributed by atoms with Crippen molar-refractivity contribution in [3.63, 3.8) is 0 Å². The largest absolute Gasteiger partial charge is 0.454 e. The van der Waals surface area contributed by atoms with Crippen LogP contribution in [0.5, 0.6) is 0 Å². The van der Waals surface area contributed by atoms with E-state index < -0.39 is 17.5 Å². The number of esters is 1. The summed E-state index contributed by atoms with van der Waals surface area (Å²) < 4.78 is 10.1. The minimum Gasteiger partial charge on any atom is -0.454 e. The number of nitrogens with two attached hydrogens (primary N) is 1. The number of aromatic nitrogens is 1. The van der Waals surface area contributed by atoms with Crippen molar-refractivity contribution in [1.82, 2.24) is 4.98 Å². The maximum absolute atomic E-state index is 11.7. The van der Waals surface area contributed by atoms with E-state index in [0.29, 0.717) is 0 Å². The van der Waals surface area contributed by atoms with Gasteiger partial charge in [-0.05, 0) is 20.8 Å².